The molecule has 8 heteroatoms. The number of anilines is 1. The number of amides is 2. The first-order chi connectivity index (χ1) is 14.4. The Hall–Kier alpha value is -2.62. The van der Waals surface area contributed by atoms with E-state index in [1.165, 1.54) is 0 Å². The summed E-state index contributed by atoms with van der Waals surface area (Å²) in [4.78, 5) is 27.7. The Bertz CT molecular complexity index is 882. The van der Waals surface area contributed by atoms with Crippen molar-refractivity contribution in [3.63, 3.8) is 0 Å². The Morgan fingerprint density at radius 2 is 1.71 bits per heavy atom. The van der Waals surface area contributed by atoms with Crippen molar-refractivity contribution in [2.45, 2.75) is 26.8 Å². The fraction of sp³-hybridized carbons (Fsp3) is 0.348. The zero-order valence-corrected chi connectivity index (χ0v) is 20.8. The second-order valence-electron chi connectivity index (χ2n) is 7.22. The van der Waals surface area contributed by atoms with Crippen molar-refractivity contribution in [3.8, 4) is 0 Å². The fourth-order valence-corrected chi connectivity index (χ4v) is 2.74. The average molecular weight is 537 g/mol. The van der Waals surface area contributed by atoms with Crippen LogP contribution in [-0.2, 0) is 17.8 Å². The third-order valence-corrected chi connectivity index (χ3v) is 4.55. The number of rotatable bonds is 8. The van der Waals surface area contributed by atoms with E-state index in [-0.39, 0.29) is 41.7 Å². The van der Waals surface area contributed by atoms with Crippen LogP contribution < -0.4 is 21.3 Å². The zero-order valence-electron chi connectivity index (χ0n) is 18.5. The molecular weight excluding hydrogens is 505 g/mol. The first-order valence-corrected chi connectivity index (χ1v) is 10.1. The van der Waals surface area contributed by atoms with Crippen LogP contribution in [0.2, 0.25) is 0 Å². The average Bonchev–Trinajstić information content (AvgIpc) is 2.76. The van der Waals surface area contributed by atoms with Crippen LogP contribution in [0.3, 0.4) is 0 Å². The van der Waals surface area contributed by atoms with Crippen LogP contribution >= 0.6 is 24.0 Å². The summed E-state index contributed by atoms with van der Waals surface area (Å²) in [5.41, 5.74) is 3.61. The van der Waals surface area contributed by atoms with Gasteiger partial charge in [-0.3, -0.25) is 14.6 Å². The molecule has 4 N–H and O–H groups in total. The molecule has 0 aliphatic heterocycles. The molecule has 0 aromatic heterocycles. The summed E-state index contributed by atoms with van der Waals surface area (Å²) in [6.07, 6.45) is 0.774. The lowest BCUT2D eigenvalue weighted by molar-refractivity contribution is -0.118. The van der Waals surface area contributed by atoms with Crippen LogP contribution in [0.15, 0.2) is 53.5 Å². The lowest BCUT2D eigenvalue weighted by Crippen LogP contribution is -2.37. The van der Waals surface area contributed by atoms with E-state index in [4.69, 9.17) is 0 Å². The molecule has 2 rings (SSSR count). The van der Waals surface area contributed by atoms with Gasteiger partial charge in [0.25, 0.3) is 5.91 Å². The monoisotopic (exact) mass is 537 g/mol. The second kappa shape index (κ2) is 13.6. The van der Waals surface area contributed by atoms with Gasteiger partial charge in [0.05, 0.1) is 0 Å². The van der Waals surface area contributed by atoms with Crippen molar-refractivity contribution in [1.29, 1.82) is 0 Å². The van der Waals surface area contributed by atoms with Crippen molar-refractivity contribution >= 4 is 47.4 Å². The molecule has 0 heterocycles. The predicted molar refractivity (Wildman–Crippen MR) is 137 cm³/mol. The van der Waals surface area contributed by atoms with Crippen LogP contribution in [0.4, 0.5) is 5.69 Å². The number of carbonyl (C=O) groups is 2. The largest absolute Gasteiger partial charge is 0.356 e. The second-order valence-corrected chi connectivity index (χ2v) is 7.22. The third-order valence-electron chi connectivity index (χ3n) is 4.55. The normalized spacial score (nSPS) is 10.8. The van der Waals surface area contributed by atoms with Crippen LogP contribution in [0.1, 0.15) is 35.3 Å². The van der Waals surface area contributed by atoms with E-state index in [1.54, 1.807) is 20.2 Å². The van der Waals surface area contributed by atoms with E-state index in [1.807, 2.05) is 56.3 Å². The van der Waals surface area contributed by atoms with Crippen molar-refractivity contribution in [2.75, 3.05) is 26.0 Å². The molecule has 0 bridgehead atoms. The number of carbonyl (C=O) groups excluding carboxylic acids is 2. The fourth-order valence-electron chi connectivity index (χ4n) is 2.74. The number of hydrogen-bond acceptors (Lipinski definition) is 3. The van der Waals surface area contributed by atoms with E-state index in [0.29, 0.717) is 24.6 Å². The Morgan fingerprint density at radius 3 is 2.32 bits per heavy atom. The Kier molecular flexibility index (Phi) is 11.6. The minimum absolute atomic E-state index is 0. The van der Waals surface area contributed by atoms with E-state index in [9.17, 15) is 9.59 Å². The van der Waals surface area contributed by atoms with E-state index < -0.39 is 0 Å². The summed E-state index contributed by atoms with van der Waals surface area (Å²) in [5.74, 6) is 0.574. The number of nitrogens with zero attached hydrogens (tertiary/aromatic N) is 1. The molecule has 168 valence electrons. The number of hydrogen-bond donors (Lipinski definition) is 4. The van der Waals surface area contributed by atoms with E-state index in [2.05, 4.69) is 26.3 Å². The SMILES string of the molecule is CN=C(NCCc1cccc(C(=O)NC)c1)NCc1ccc(NC(=O)C(C)C)cc1.I. The van der Waals surface area contributed by atoms with Crippen molar-refractivity contribution in [3.05, 3.63) is 65.2 Å². The highest BCUT2D eigenvalue weighted by atomic mass is 127. The van der Waals surface area contributed by atoms with Gasteiger partial charge in [-0.2, -0.15) is 0 Å². The lowest BCUT2D eigenvalue weighted by atomic mass is 10.1. The molecule has 0 unspecified atom stereocenters. The van der Waals surface area contributed by atoms with Crippen molar-refractivity contribution in [2.24, 2.45) is 10.9 Å². The molecule has 0 saturated heterocycles. The summed E-state index contributed by atoms with van der Waals surface area (Å²) in [6, 6.07) is 15.3. The highest BCUT2D eigenvalue weighted by Crippen LogP contribution is 2.11. The minimum atomic E-state index is -0.0860. The topological polar surface area (TPSA) is 94.6 Å². The van der Waals surface area contributed by atoms with Crippen LogP contribution in [0.5, 0.6) is 0 Å². The molecule has 0 aliphatic carbocycles. The smallest absolute Gasteiger partial charge is 0.251 e. The summed E-state index contributed by atoms with van der Waals surface area (Å²) >= 11 is 0. The minimum Gasteiger partial charge on any atom is -0.356 e. The Morgan fingerprint density at radius 1 is 1.00 bits per heavy atom. The number of guanidine groups is 1. The standard InChI is InChI=1S/C23H31N5O2.HI/c1-16(2)21(29)28-20-10-8-18(9-11-20)15-27-23(25-4)26-13-12-17-6-5-7-19(14-17)22(30)24-3;/h5-11,14,16H,12-13,15H2,1-4H3,(H,24,30)(H,28,29)(H2,25,26,27);1H. The molecule has 31 heavy (non-hydrogen) atoms. The first kappa shape index (κ1) is 26.4. The molecule has 7 nitrogen and oxygen atoms in total. The van der Waals surface area contributed by atoms with E-state index in [0.717, 1.165) is 23.2 Å². The van der Waals surface area contributed by atoms with Gasteiger partial charge in [0.15, 0.2) is 5.96 Å². The highest BCUT2D eigenvalue weighted by molar-refractivity contribution is 14.0. The van der Waals surface area contributed by atoms with Crippen molar-refractivity contribution < 1.29 is 9.59 Å². The predicted octanol–water partition coefficient (Wildman–Crippen LogP) is 3.17. The Labute approximate surface area is 201 Å². The number of benzene rings is 2. The van der Waals surface area contributed by atoms with Gasteiger partial charge in [-0.15, -0.1) is 24.0 Å². The molecule has 0 spiro atoms. The highest BCUT2D eigenvalue weighted by Gasteiger charge is 2.07. The molecule has 0 atom stereocenters. The quantitative estimate of drug-likeness (QED) is 0.237. The molecule has 2 aromatic carbocycles. The van der Waals surface area contributed by atoms with Gasteiger partial charge in [-0.05, 0) is 41.8 Å². The first-order valence-electron chi connectivity index (χ1n) is 10.1. The van der Waals surface area contributed by atoms with Gasteiger partial charge >= 0.3 is 0 Å². The third kappa shape index (κ3) is 8.95. The van der Waals surface area contributed by atoms with E-state index >= 15 is 0 Å². The maximum absolute atomic E-state index is 11.8. The maximum atomic E-state index is 11.8. The summed E-state index contributed by atoms with van der Waals surface area (Å²) < 4.78 is 0. The molecule has 0 aliphatic rings. The molecule has 2 aromatic rings. The van der Waals surface area contributed by atoms with Gasteiger partial charge in [0.2, 0.25) is 5.91 Å². The van der Waals surface area contributed by atoms with Gasteiger partial charge in [-0.1, -0.05) is 38.1 Å². The van der Waals surface area contributed by atoms with Gasteiger partial charge in [0.1, 0.15) is 0 Å². The van der Waals surface area contributed by atoms with Crippen LogP contribution in [0, 0.1) is 5.92 Å². The summed E-state index contributed by atoms with van der Waals surface area (Å²) in [7, 11) is 3.35. The molecule has 0 saturated carbocycles. The number of aliphatic imine (C=N–C) groups is 1. The lowest BCUT2D eigenvalue weighted by Gasteiger charge is -2.13. The van der Waals surface area contributed by atoms with Gasteiger partial charge in [0, 0.05) is 44.4 Å². The van der Waals surface area contributed by atoms with Gasteiger partial charge < -0.3 is 21.3 Å². The van der Waals surface area contributed by atoms with Gasteiger partial charge in [-0.25, -0.2) is 0 Å². The summed E-state index contributed by atoms with van der Waals surface area (Å²) in [6.45, 7) is 5.04. The van der Waals surface area contributed by atoms with Crippen LogP contribution in [-0.4, -0.2) is 38.4 Å². The molecular formula is C23H32IN5O2. The molecule has 0 fully saturated rings. The number of halogens is 1. The zero-order chi connectivity index (χ0) is 21.9. The number of nitrogens with one attached hydrogen (secondary N) is 4. The van der Waals surface area contributed by atoms with Crippen LogP contribution in [0.25, 0.3) is 0 Å². The van der Waals surface area contributed by atoms with Crippen molar-refractivity contribution in [1.82, 2.24) is 16.0 Å². The molecule has 0 radical (unpaired) electrons. The summed E-state index contributed by atoms with van der Waals surface area (Å²) in [5, 5.41) is 12.1. The molecule has 2 amide bonds. The maximum Gasteiger partial charge on any atom is 0.251 e. The Balaban J connectivity index is 0.00000480.